The summed E-state index contributed by atoms with van der Waals surface area (Å²) in [5.74, 6) is 1.87. The number of hydrogen-bond acceptors (Lipinski definition) is 4. The first kappa shape index (κ1) is 14.6. The van der Waals surface area contributed by atoms with Crippen LogP contribution >= 0.6 is 11.8 Å². The van der Waals surface area contributed by atoms with Crippen LogP contribution in [0.3, 0.4) is 0 Å². The highest BCUT2D eigenvalue weighted by Gasteiger charge is 2.21. The van der Waals surface area contributed by atoms with E-state index in [9.17, 15) is 12.8 Å². The minimum Gasteiger partial charge on any atom is -0.398 e. The van der Waals surface area contributed by atoms with E-state index in [1.165, 1.54) is 6.07 Å². The molecule has 4 nitrogen and oxygen atoms in total. The number of nitrogens with two attached hydrogens (primary N) is 1. The molecular formula is C12H17FN2O2S2. The number of nitrogen functional groups attached to an aromatic ring is 1. The fourth-order valence-corrected chi connectivity index (χ4v) is 4.46. The first-order chi connectivity index (χ1) is 8.99. The minimum absolute atomic E-state index is 0.0631. The van der Waals surface area contributed by atoms with E-state index in [0.29, 0.717) is 12.5 Å². The van der Waals surface area contributed by atoms with Crippen molar-refractivity contribution in [1.29, 1.82) is 0 Å². The summed E-state index contributed by atoms with van der Waals surface area (Å²) in [6.07, 6.45) is 2.01. The van der Waals surface area contributed by atoms with Crippen molar-refractivity contribution in [2.24, 2.45) is 5.92 Å². The highest BCUT2D eigenvalue weighted by molar-refractivity contribution is 7.99. The molecule has 0 atom stereocenters. The predicted octanol–water partition coefficient (Wildman–Crippen LogP) is 1.83. The van der Waals surface area contributed by atoms with E-state index < -0.39 is 15.8 Å². The molecule has 1 aromatic rings. The molecule has 0 radical (unpaired) electrons. The Morgan fingerprint density at radius 1 is 1.37 bits per heavy atom. The monoisotopic (exact) mass is 304 g/mol. The zero-order valence-corrected chi connectivity index (χ0v) is 12.1. The standard InChI is InChI=1S/C12H17FN2O2S2/c13-10-1-2-11(14)12(7-10)19(16,17)15-8-9-3-5-18-6-4-9/h1-2,7,9,15H,3-6,8,14H2. The molecule has 0 saturated carbocycles. The largest absolute Gasteiger partial charge is 0.398 e. The van der Waals surface area contributed by atoms with E-state index in [-0.39, 0.29) is 10.6 Å². The van der Waals surface area contributed by atoms with E-state index in [1.807, 2.05) is 11.8 Å². The van der Waals surface area contributed by atoms with Crippen molar-refractivity contribution in [3.05, 3.63) is 24.0 Å². The molecule has 0 aliphatic carbocycles. The van der Waals surface area contributed by atoms with Crippen LogP contribution in [0.4, 0.5) is 10.1 Å². The van der Waals surface area contributed by atoms with E-state index >= 15 is 0 Å². The quantitative estimate of drug-likeness (QED) is 0.833. The number of anilines is 1. The number of sulfonamides is 1. The highest BCUT2D eigenvalue weighted by atomic mass is 32.2. The molecule has 1 heterocycles. The molecule has 0 unspecified atom stereocenters. The topological polar surface area (TPSA) is 72.2 Å². The van der Waals surface area contributed by atoms with Crippen molar-refractivity contribution in [3.8, 4) is 0 Å². The Balaban J connectivity index is 2.07. The summed E-state index contributed by atoms with van der Waals surface area (Å²) in [7, 11) is -3.73. The van der Waals surface area contributed by atoms with Crippen molar-refractivity contribution in [1.82, 2.24) is 4.72 Å². The van der Waals surface area contributed by atoms with Gasteiger partial charge in [-0.3, -0.25) is 0 Å². The average molecular weight is 304 g/mol. The molecular weight excluding hydrogens is 287 g/mol. The van der Waals surface area contributed by atoms with E-state index in [0.717, 1.165) is 36.5 Å². The molecule has 3 N–H and O–H groups in total. The molecule has 2 rings (SSSR count). The molecule has 0 bridgehead atoms. The van der Waals surface area contributed by atoms with Gasteiger partial charge in [-0.15, -0.1) is 0 Å². The van der Waals surface area contributed by atoms with E-state index in [2.05, 4.69) is 4.72 Å². The number of halogens is 1. The number of benzene rings is 1. The lowest BCUT2D eigenvalue weighted by atomic mass is 10.0. The van der Waals surface area contributed by atoms with Gasteiger partial charge >= 0.3 is 0 Å². The summed E-state index contributed by atoms with van der Waals surface area (Å²) in [6, 6.07) is 3.36. The predicted molar refractivity (Wildman–Crippen MR) is 76.0 cm³/mol. The second-order valence-corrected chi connectivity index (χ2v) is 7.55. The van der Waals surface area contributed by atoms with Crippen molar-refractivity contribution in [2.45, 2.75) is 17.7 Å². The third-order valence-corrected chi connectivity index (χ3v) is 5.70. The first-order valence-electron chi connectivity index (χ1n) is 6.11. The Bertz CT molecular complexity index is 543. The molecule has 1 aromatic carbocycles. The Morgan fingerprint density at radius 2 is 2.05 bits per heavy atom. The van der Waals surface area contributed by atoms with Gasteiger partial charge in [0.1, 0.15) is 10.7 Å². The van der Waals surface area contributed by atoms with E-state index in [4.69, 9.17) is 5.73 Å². The number of rotatable bonds is 4. The normalized spacial score (nSPS) is 17.5. The molecule has 0 spiro atoms. The molecule has 1 aliphatic rings. The molecule has 106 valence electrons. The van der Waals surface area contributed by atoms with Gasteiger partial charge in [0, 0.05) is 6.54 Å². The second kappa shape index (κ2) is 6.11. The SMILES string of the molecule is Nc1ccc(F)cc1S(=O)(=O)NCC1CCSCC1. The molecule has 19 heavy (non-hydrogen) atoms. The lowest BCUT2D eigenvalue weighted by molar-refractivity contribution is 0.476. The molecule has 0 aromatic heterocycles. The molecule has 7 heteroatoms. The van der Waals surface area contributed by atoms with Crippen molar-refractivity contribution in [2.75, 3.05) is 23.8 Å². The van der Waals surface area contributed by atoms with Crippen LogP contribution in [0.1, 0.15) is 12.8 Å². The average Bonchev–Trinajstić information content (AvgIpc) is 2.40. The lowest BCUT2D eigenvalue weighted by Gasteiger charge is -2.21. The Kier molecular flexibility index (Phi) is 4.70. The fourth-order valence-electron chi connectivity index (χ4n) is 2.00. The molecule has 1 aliphatic heterocycles. The van der Waals surface area contributed by atoms with Crippen LogP contribution in [0.5, 0.6) is 0 Å². The van der Waals surface area contributed by atoms with Crippen LogP contribution in [0.25, 0.3) is 0 Å². The number of thioether (sulfide) groups is 1. The summed E-state index contributed by atoms with van der Waals surface area (Å²) >= 11 is 1.89. The van der Waals surface area contributed by atoms with Crippen LogP contribution in [-0.4, -0.2) is 26.5 Å². The van der Waals surface area contributed by atoms with Gasteiger partial charge in [0.05, 0.1) is 5.69 Å². The zero-order chi connectivity index (χ0) is 13.9. The maximum Gasteiger partial charge on any atom is 0.242 e. The summed E-state index contributed by atoms with van der Waals surface area (Å²) in [4.78, 5) is -0.183. The Labute approximate surface area is 117 Å². The number of nitrogens with one attached hydrogen (secondary N) is 1. The van der Waals surface area contributed by atoms with Crippen molar-refractivity contribution in [3.63, 3.8) is 0 Å². The molecule has 0 amide bonds. The third kappa shape index (κ3) is 3.84. The fraction of sp³-hybridized carbons (Fsp3) is 0.500. The van der Waals surface area contributed by atoms with Crippen molar-refractivity contribution >= 4 is 27.5 Å². The third-order valence-electron chi connectivity index (χ3n) is 3.17. The van der Waals surface area contributed by atoms with Gasteiger partial charge in [0.25, 0.3) is 0 Å². The van der Waals surface area contributed by atoms with Gasteiger partial charge in [-0.2, -0.15) is 11.8 Å². The lowest BCUT2D eigenvalue weighted by Crippen LogP contribution is -2.31. The van der Waals surface area contributed by atoms with Gasteiger partial charge in [0.2, 0.25) is 10.0 Å². The summed E-state index contributed by atoms with van der Waals surface area (Å²) in [5, 5.41) is 0. The van der Waals surface area contributed by atoms with Crippen LogP contribution in [0.2, 0.25) is 0 Å². The Hall–Kier alpha value is -0.790. The molecule has 1 saturated heterocycles. The van der Waals surface area contributed by atoms with Crippen LogP contribution < -0.4 is 10.5 Å². The Morgan fingerprint density at radius 3 is 2.74 bits per heavy atom. The smallest absolute Gasteiger partial charge is 0.242 e. The van der Waals surface area contributed by atoms with Gasteiger partial charge < -0.3 is 5.73 Å². The summed E-state index contributed by atoms with van der Waals surface area (Å²) in [5.41, 5.74) is 5.66. The van der Waals surface area contributed by atoms with Gasteiger partial charge in [-0.25, -0.2) is 17.5 Å². The van der Waals surface area contributed by atoms with Gasteiger partial charge in [-0.05, 0) is 48.5 Å². The van der Waals surface area contributed by atoms with Crippen LogP contribution in [-0.2, 0) is 10.0 Å². The van der Waals surface area contributed by atoms with Gasteiger partial charge in [-0.1, -0.05) is 0 Å². The zero-order valence-electron chi connectivity index (χ0n) is 10.4. The summed E-state index contributed by atoms with van der Waals surface area (Å²) < 4.78 is 39.8. The second-order valence-electron chi connectivity index (χ2n) is 4.59. The van der Waals surface area contributed by atoms with Gasteiger partial charge in [0.15, 0.2) is 0 Å². The summed E-state index contributed by atoms with van der Waals surface area (Å²) in [6.45, 7) is 0.388. The maximum absolute atomic E-state index is 13.1. The maximum atomic E-state index is 13.1. The minimum atomic E-state index is -3.73. The molecule has 1 fully saturated rings. The number of hydrogen-bond donors (Lipinski definition) is 2. The van der Waals surface area contributed by atoms with Crippen molar-refractivity contribution < 1.29 is 12.8 Å². The highest BCUT2D eigenvalue weighted by Crippen LogP contribution is 2.23. The van der Waals surface area contributed by atoms with Crippen LogP contribution in [0.15, 0.2) is 23.1 Å². The van der Waals surface area contributed by atoms with Crippen LogP contribution in [0, 0.1) is 11.7 Å². The van der Waals surface area contributed by atoms with E-state index in [1.54, 1.807) is 0 Å². The first-order valence-corrected chi connectivity index (χ1v) is 8.75.